The zero-order chi connectivity index (χ0) is 13.2. The highest BCUT2D eigenvalue weighted by atomic mass is 16.1. The topological polar surface area (TPSA) is 74.5 Å². The molecule has 0 saturated heterocycles. The molecule has 0 amide bonds. The zero-order valence-electron chi connectivity index (χ0n) is 10.5. The van der Waals surface area contributed by atoms with Crippen molar-refractivity contribution in [2.75, 3.05) is 0 Å². The minimum atomic E-state index is -0.121. The van der Waals surface area contributed by atoms with Crippen molar-refractivity contribution in [3.8, 4) is 11.9 Å². The molecule has 5 nitrogen and oxygen atoms in total. The van der Waals surface area contributed by atoms with Crippen LogP contribution in [0.2, 0.25) is 0 Å². The molecule has 1 aliphatic carbocycles. The van der Waals surface area contributed by atoms with Crippen molar-refractivity contribution < 1.29 is 0 Å². The highest BCUT2D eigenvalue weighted by Crippen LogP contribution is 2.32. The monoisotopic (exact) mass is 254 g/mol. The summed E-state index contributed by atoms with van der Waals surface area (Å²) in [4.78, 5) is 16.1. The molecule has 1 saturated carbocycles. The Balaban J connectivity index is 2.00. The molecule has 3 rings (SSSR count). The highest BCUT2D eigenvalue weighted by Gasteiger charge is 2.20. The van der Waals surface area contributed by atoms with Gasteiger partial charge in [-0.2, -0.15) is 5.26 Å². The fourth-order valence-electron chi connectivity index (χ4n) is 2.64. The summed E-state index contributed by atoms with van der Waals surface area (Å²) in [5, 5.41) is 12.0. The second-order valence-corrected chi connectivity index (χ2v) is 4.88. The van der Waals surface area contributed by atoms with Gasteiger partial charge in [-0.25, -0.2) is 9.67 Å². The van der Waals surface area contributed by atoms with Crippen molar-refractivity contribution in [2.24, 2.45) is 0 Å². The maximum atomic E-state index is 12.0. The second kappa shape index (κ2) is 4.73. The summed E-state index contributed by atoms with van der Waals surface area (Å²) >= 11 is 0. The molecule has 0 aliphatic heterocycles. The largest absolute Gasteiger partial charge is 0.293 e. The average Bonchev–Trinajstić information content (AvgIpc) is 3.07. The molecule has 5 heteroatoms. The average molecular weight is 254 g/mol. The van der Waals surface area contributed by atoms with Crippen LogP contribution in [0.25, 0.3) is 5.82 Å². The van der Waals surface area contributed by atoms with E-state index >= 15 is 0 Å². The number of hydrogen-bond donors (Lipinski definition) is 1. The van der Waals surface area contributed by atoms with Gasteiger partial charge in [-0.3, -0.25) is 9.89 Å². The number of nitrogens with zero attached hydrogens (tertiary/aromatic N) is 3. The Morgan fingerprint density at radius 2 is 2.16 bits per heavy atom. The fourth-order valence-corrected chi connectivity index (χ4v) is 2.64. The van der Waals surface area contributed by atoms with Crippen molar-refractivity contribution in [3.05, 3.63) is 46.0 Å². The molecule has 1 fully saturated rings. The first-order valence-electron chi connectivity index (χ1n) is 6.46. The van der Waals surface area contributed by atoms with Crippen molar-refractivity contribution in [2.45, 2.75) is 31.6 Å². The number of H-pyrrole nitrogens is 1. The second-order valence-electron chi connectivity index (χ2n) is 4.88. The first-order valence-corrected chi connectivity index (χ1v) is 6.46. The molecule has 0 spiro atoms. The third kappa shape index (κ3) is 2.17. The van der Waals surface area contributed by atoms with Gasteiger partial charge in [-0.1, -0.05) is 12.8 Å². The van der Waals surface area contributed by atoms with E-state index in [1.807, 2.05) is 6.07 Å². The summed E-state index contributed by atoms with van der Waals surface area (Å²) in [6.07, 6.45) is 6.24. The van der Waals surface area contributed by atoms with E-state index in [1.54, 1.807) is 18.2 Å². The van der Waals surface area contributed by atoms with E-state index < -0.39 is 0 Å². The van der Waals surface area contributed by atoms with E-state index in [9.17, 15) is 4.79 Å². The van der Waals surface area contributed by atoms with Gasteiger partial charge in [0.2, 0.25) is 0 Å². The molecule has 1 aliphatic rings. The van der Waals surface area contributed by atoms with Crippen LogP contribution >= 0.6 is 0 Å². The lowest BCUT2D eigenvalue weighted by Gasteiger charge is -2.06. The number of nitrogens with one attached hydrogen (secondary N) is 1. The van der Waals surface area contributed by atoms with E-state index in [2.05, 4.69) is 10.1 Å². The predicted octanol–water partition coefficient (Wildman–Crippen LogP) is 2.09. The van der Waals surface area contributed by atoms with Gasteiger partial charge in [0.25, 0.3) is 5.56 Å². The normalized spacial score (nSPS) is 15.5. The summed E-state index contributed by atoms with van der Waals surface area (Å²) in [7, 11) is 0. The molecular formula is C14H14N4O. The number of pyridine rings is 1. The Kier molecular flexibility index (Phi) is 2.92. The lowest BCUT2D eigenvalue weighted by atomic mass is 10.1. The van der Waals surface area contributed by atoms with Crippen LogP contribution in [-0.2, 0) is 0 Å². The number of hydrogen-bond acceptors (Lipinski definition) is 3. The molecule has 1 N–H and O–H groups in total. The van der Waals surface area contributed by atoms with Crippen LogP contribution in [-0.4, -0.2) is 14.8 Å². The Hall–Kier alpha value is -2.35. The van der Waals surface area contributed by atoms with Crippen molar-refractivity contribution >= 4 is 0 Å². The van der Waals surface area contributed by atoms with Gasteiger partial charge in [0.15, 0.2) is 5.82 Å². The zero-order valence-corrected chi connectivity index (χ0v) is 10.5. The van der Waals surface area contributed by atoms with E-state index in [0.717, 1.165) is 18.5 Å². The number of nitriles is 1. The van der Waals surface area contributed by atoms with Crippen LogP contribution in [0.1, 0.15) is 42.9 Å². The highest BCUT2D eigenvalue weighted by molar-refractivity contribution is 5.35. The van der Waals surface area contributed by atoms with E-state index in [-0.39, 0.29) is 5.56 Å². The third-order valence-electron chi connectivity index (χ3n) is 3.64. The number of rotatable bonds is 2. The molecule has 19 heavy (non-hydrogen) atoms. The first-order chi connectivity index (χ1) is 9.28. The van der Waals surface area contributed by atoms with Gasteiger partial charge in [0, 0.05) is 29.9 Å². The van der Waals surface area contributed by atoms with E-state index in [0.29, 0.717) is 17.3 Å². The minimum Gasteiger partial charge on any atom is -0.293 e. The van der Waals surface area contributed by atoms with Crippen LogP contribution in [0.5, 0.6) is 0 Å². The quantitative estimate of drug-likeness (QED) is 0.891. The molecular weight excluding hydrogens is 240 g/mol. The lowest BCUT2D eigenvalue weighted by molar-refractivity contribution is 0.673. The fraction of sp³-hybridized carbons (Fsp3) is 0.357. The molecule has 0 radical (unpaired) electrons. The molecule has 2 aromatic heterocycles. The van der Waals surface area contributed by atoms with Crippen molar-refractivity contribution in [1.82, 2.24) is 14.8 Å². The molecule has 2 heterocycles. The van der Waals surface area contributed by atoms with Gasteiger partial charge >= 0.3 is 0 Å². The summed E-state index contributed by atoms with van der Waals surface area (Å²) in [5.41, 5.74) is 1.35. The van der Waals surface area contributed by atoms with Gasteiger partial charge in [0.1, 0.15) is 0 Å². The maximum absolute atomic E-state index is 12.0. The first kappa shape index (κ1) is 11.7. The SMILES string of the molecule is N#Cc1ccnc(-n2[nH]c(C3CCCC3)cc2=O)c1. The number of aromatic amines is 1. The van der Waals surface area contributed by atoms with Gasteiger partial charge < -0.3 is 0 Å². The Bertz CT molecular complexity index is 686. The molecule has 0 bridgehead atoms. The van der Waals surface area contributed by atoms with Gasteiger partial charge in [0.05, 0.1) is 11.6 Å². The third-order valence-corrected chi connectivity index (χ3v) is 3.64. The summed E-state index contributed by atoms with van der Waals surface area (Å²) in [6.45, 7) is 0. The van der Waals surface area contributed by atoms with Crippen LogP contribution < -0.4 is 5.56 Å². The summed E-state index contributed by atoms with van der Waals surface area (Å²) < 4.78 is 1.41. The Morgan fingerprint density at radius 3 is 2.89 bits per heavy atom. The summed E-state index contributed by atoms with van der Waals surface area (Å²) in [5.74, 6) is 0.918. The Morgan fingerprint density at radius 1 is 1.37 bits per heavy atom. The van der Waals surface area contributed by atoms with Gasteiger partial charge in [-0.05, 0) is 18.9 Å². The van der Waals surface area contributed by atoms with Crippen LogP contribution in [0, 0.1) is 11.3 Å². The van der Waals surface area contributed by atoms with Crippen molar-refractivity contribution in [3.63, 3.8) is 0 Å². The van der Waals surface area contributed by atoms with E-state index in [1.165, 1.54) is 23.7 Å². The molecule has 0 aromatic carbocycles. The molecule has 96 valence electrons. The standard InChI is InChI=1S/C14H14N4O/c15-9-10-5-6-16-13(7-10)18-14(19)8-12(17-18)11-3-1-2-4-11/h5-8,11,17H,1-4H2. The van der Waals surface area contributed by atoms with E-state index in [4.69, 9.17) is 5.26 Å². The van der Waals surface area contributed by atoms with Crippen molar-refractivity contribution in [1.29, 1.82) is 5.26 Å². The molecule has 2 aromatic rings. The minimum absolute atomic E-state index is 0.121. The smallest absolute Gasteiger partial charge is 0.272 e. The van der Waals surface area contributed by atoms with Gasteiger partial charge in [-0.15, -0.1) is 0 Å². The number of aromatic nitrogens is 3. The van der Waals surface area contributed by atoms with Crippen LogP contribution in [0.15, 0.2) is 29.2 Å². The van der Waals surface area contributed by atoms with Crippen LogP contribution in [0.3, 0.4) is 0 Å². The van der Waals surface area contributed by atoms with Crippen LogP contribution in [0.4, 0.5) is 0 Å². The predicted molar refractivity (Wildman–Crippen MR) is 70.1 cm³/mol. The Labute approximate surface area is 110 Å². The lowest BCUT2D eigenvalue weighted by Crippen LogP contribution is -2.14. The maximum Gasteiger partial charge on any atom is 0.272 e. The summed E-state index contributed by atoms with van der Waals surface area (Å²) in [6, 6.07) is 6.93. The molecule has 0 atom stereocenters. The molecule has 0 unspecified atom stereocenters.